The van der Waals surface area contributed by atoms with Crippen molar-refractivity contribution in [1.82, 2.24) is 0 Å². The second-order valence-corrected chi connectivity index (χ2v) is 3.25. The number of hydrogen-bond acceptors (Lipinski definition) is 0. The molecule has 0 aliphatic rings. The zero-order valence-electron chi connectivity index (χ0n) is 8.35. The van der Waals surface area contributed by atoms with Crippen molar-refractivity contribution in [3.05, 3.63) is 0 Å². The van der Waals surface area contributed by atoms with Crippen molar-refractivity contribution in [3.63, 3.8) is 0 Å². The maximum atomic E-state index is 5.72. The van der Waals surface area contributed by atoms with E-state index in [0.29, 0.717) is 12.1 Å². The van der Waals surface area contributed by atoms with Crippen LogP contribution in [0.25, 0.3) is 0 Å². The molecule has 2 atom stereocenters. The molecule has 0 aromatic heterocycles. The maximum absolute atomic E-state index is 5.72. The van der Waals surface area contributed by atoms with Crippen molar-refractivity contribution in [2.45, 2.75) is 52.6 Å². The molecule has 0 saturated heterocycles. The third kappa shape index (κ3) is 4.32. The molecule has 0 heterocycles. The first kappa shape index (κ1) is 14.8. The summed E-state index contributed by atoms with van der Waals surface area (Å²) in [5, 5.41) is 0. The lowest BCUT2D eigenvalue weighted by Gasteiger charge is -2.13. The Hall–Kier alpha value is 0.250. The van der Waals surface area contributed by atoms with Crippen LogP contribution in [0.3, 0.4) is 0 Å². The smallest absolute Gasteiger partial charge is 0.232 e. The summed E-state index contributed by atoms with van der Waals surface area (Å²) in [7, 11) is 0. The fourth-order valence-corrected chi connectivity index (χ4v) is 1.43. The molecule has 1 nitrogen and oxygen atoms in total. The molecule has 0 spiro atoms. The standard InChI is InChI=1S/C9H19ClN.ClH/c1-5-8(3)11(7-10)9(4)6-2;/h7-9H,5-6H2,1-4H3;1H/q+1;/p-1. The lowest BCUT2D eigenvalue weighted by Crippen LogP contribution is -3.00. The Balaban J connectivity index is 0. The molecule has 0 rings (SSSR count). The molecule has 0 aromatic carbocycles. The summed E-state index contributed by atoms with van der Waals surface area (Å²) in [5.74, 6) is 0. The molecule has 12 heavy (non-hydrogen) atoms. The minimum atomic E-state index is 0. The fourth-order valence-electron chi connectivity index (χ4n) is 1.05. The summed E-state index contributed by atoms with van der Waals surface area (Å²) >= 11 is 5.72. The molecule has 74 valence electrons. The number of nitrogens with zero attached hydrogens (tertiary/aromatic N) is 1. The van der Waals surface area contributed by atoms with Crippen LogP contribution in [0, 0.1) is 0 Å². The minimum Gasteiger partial charge on any atom is -1.00 e. The second kappa shape index (κ2) is 7.88. The molecule has 0 N–H and O–H groups in total. The molecule has 2 unspecified atom stereocenters. The van der Waals surface area contributed by atoms with Crippen molar-refractivity contribution in [3.8, 4) is 0 Å². The monoisotopic (exact) mass is 211 g/mol. The van der Waals surface area contributed by atoms with Crippen molar-refractivity contribution < 1.29 is 17.0 Å². The maximum Gasteiger partial charge on any atom is 0.232 e. The first-order chi connectivity index (χ1) is 5.17. The van der Waals surface area contributed by atoms with E-state index in [1.165, 1.54) is 0 Å². The van der Waals surface area contributed by atoms with Gasteiger partial charge < -0.3 is 12.4 Å². The van der Waals surface area contributed by atoms with E-state index in [1.54, 1.807) is 5.67 Å². The summed E-state index contributed by atoms with van der Waals surface area (Å²) in [5.41, 5.74) is 1.68. The first-order valence-corrected chi connectivity index (χ1v) is 4.81. The Morgan fingerprint density at radius 2 is 1.50 bits per heavy atom. The summed E-state index contributed by atoms with van der Waals surface area (Å²) in [6, 6.07) is 1.12. The van der Waals surface area contributed by atoms with Gasteiger partial charge in [-0.15, -0.1) is 0 Å². The summed E-state index contributed by atoms with van der Waals surface area (Å²) in [4.78, 5) is 0. The predicted molar refractivity (Wildman–Crippen MR) is 51.7 cm³/mol. The van der Waals surface area contributed by atoms with Crippen molar-refractivity contribution in [1.29, 1.82) is 0 Å². The molecule has 0 aromatic rings. The van der Waals surface area contributed by atoms with Crippen molar-refractivity contribution in [2.75, 3.05) is 0 Å². The highest BCUT2D eigenvalue weighted by atomic mass is 35.5. The molecule has 0 aliphatic heterocycles. The summed E-state index contributed by atoms with van der Waals surface area (Å²) in [6.07, 6.45) is 2.29. The zero-order valence-corrected chi connectivity index (χ0v) is 9.86. The van der Waals surface area contributed by atoms with Gasteiger partial charge in [-0.25, -0.2) is 4.58 Å². The highest BCUT2D eigenvalue weighted by Gasteiger charge is 2.17. The van der Waals surface area contributed by atoms with Gasteiger partial charge in [-0.05, 0) is 25.4 Å². The van der Waals surface area contributed by atoms with Crippen molar-refractivity contribution >= 4 is 17.3 Å². The van der Waals surface area contributed by atoms with E-state index in [4.69, 9.17) is 11.6 Å². The van der Waals surface area contributed by atoms with Gasteiger partial charge in [-0.2, -0.15) is 0 Å². The van der Waals surface area contributed by atoms with Gasteiger partial charge in [0.15, 0.2) is 12.1 Å². The van der Waals surface area contributed by atoms with Gasteiger partial charge in [-0.1, -0.05) is 13.8 Å². The van der Waals surface area contributed by atoms with E-state index >= 15 is 0 Å². The molecule has 0 radical (unpaired) electrons. The summed E-state index contributed by atoms with van der Waals surface area (Å²) in [6.45, 7) is 8.76. The van der Waals surface area contributed by atoms with Crippen LogP contribution in [0.15, 0.2) is 0 Å². The van der Waals surface area contributed by atoms with Gasteiger partial charge in [0.25, 0.3) is 0 Å². The van der Waals surface area contributed by atoms with Crippen LogP contribution >= 0.6 is 11.6 Å². The highest BCUT2D eigenvalue weighted by Crippen LogP contribution is 2.04. The molecule has 0 aliphatic carbocycles. The Kier molecular flexibility index (Phi) is 9.69. The Morgan fingerprint density at radius 1 is 1.17 bits per heavy atom. The van der Waals surface area contributed by atoms with Gasteiger partial charge in [0.1, 0.15) is 0 Å². The van der Waals surface area contributed by atoms with Crippen LogP contribution in [0.5, 0.6) is 0 Å². The van der Waals surface area contributed by atoms with Crippen LogP contribution in [0.1, 0.15) is 40.5 Å². The fraction of sp³-hybridized carbons (Fsp3) is 0.889. The van der Waals surface area contributed by atoms with Gasteiger partial charge >= 0.3 is 0 Å². The average Bonchev–Trinajstić information content (AvgIpc) is 2.05. The highest BCUT2D eigenvalue weighted by molar-refractivity contribution is 6.54. The molecule has 3 heteroatoms. The van der Waals surface area contributed by atoms with Crippen LogP contribution in [0.4, 0.5) is 0 Å². The second-order valence-electron chi connectivity index (χ2n) is 3.06. The predicted octanol–water partition coefficient (Wildman–Crippen LogP) is -0.133. The lowest BCUT2D eigenvalue weighted by molar-refractivity contribution is -0.589. The Bertz CT molecular complexity index is 122. The average molecular weight is 212 g/mol. The largest absolute Gasteiger partial charge is 1.00 e. The summed E-state index contributed by atoms with van der Waals surface area (Å²) < 4.78 is 2.21. The van der Waals surface area contributed by atoms with E-state index in [2.05, 4.69) is 32.3 Å². The topological polar surface area (TPSA) is 3.01 Å². The van der Waals surface area contributed by atoms with E-state index in [0.717, 1.165) is 12.8 Å². The van der Waals surface area contributed by atoms with Crippen LogP contribution in [-0.2, 0) is 0 Å². The number of halogens is 2. The molecular weight excluding hydrogens is 193 g/mol. The van der Waals surface area contributed by atoms with E-state index < -0.39 is 0 Å². The van der Waals surface area contributed by atoms with Gasteiger partial charge in [0.05, 0.1) is 0 Å². The van der Waals surface area contributed by atoms with Crippen LogP contribution in [-0.4, -0.2) is 22.3 Å². The van der Waals surface area contributed by atoms with Gasteiger partial charge in [0.2, 0.25) is 5.67 Å². The van der Waals surface area contributed by atoms with Crippen LogP contribution < -0.4 is 12.4 Å². The first-order valence-electron chi connectivity index (χ1n) is 4.38. The van der Waals surface area contributed by atoms with E-state index in [9.17, 15) is 0 Å². The zero-order chi connectivity index (χ0) is 8.85. The van der Waals surface area contributed by atoms with Gasteiger partial charge in [-0.3, -0.25) is 0 Å². The van der Waals surface area contributed by atoms with Crippen LogP contribution in [0.2, 0.25) is 0 Å². The molecule has 0 saturated carbocycles. The lowest BCUT2D eigenvalue weighted by atomic mass is 10.2. The SMILES string of the molecule is CCC(C)[N+](=CCl)C(C)CC.[Cl-]. The number of rotatable bonds is 4. The minimum absolute atomic E-state index is 0. The molecule has 0 amide bonds. The van der Waals surface area contributed by atoms with E-state index in [-0.39, 0.29) is 12.4 Å². The van der Waals surface area contributed by atoms with E-state index in [1.807, 2.05) is 0 Å². The number of hydrogen-bond donors (Lipinski definition) is 0. The quantitative estimate of drug-likeness (QED) is 0.451. The van der Waals surface area contributed by atoms with Crippen molar-refractivity contribution in [2.24, 2.45) is 0 Å². The molecule has 0 fully saturated rings. The third-order valence-corrected chi connectivity index (χ3v) is 2.54. The molecular formula is C9H19Cl2N. The normalized spacial score (nSPS) is 14.4. The molecule has 0 bridgehead atoms. The van der Waals surface area contributed by atoms with Gasteiger partial charge in [0, 0.05) is 12.8 Å². The Morgan fingerprint density at radius 3 is 1.67 bits per heavy atom. The Labute approximate surface area is 87.2 Å². The third-order valence-electron chi connectivity index (χ3n) is 2.31.